The molecule has 0 fully saturated rings. The monoisotopic (exact) mass is 214 g/mol. The fourth-order valence-electron chi connectivity index (χ4n) is 0. The summed E-state index contributed by atoms with van der Waals surface area (Å²) in [5.74, 6) is 0. The molecule has 0 N–H and O–H groups in total. The summed E-state index contributed by atoms with van der Waals surface area (Å²) in [6.07, 6.45) is 2.64. The van der Waals surface area contributed by atoms with Gasteiger partial charge in [0.1, 0.15) is 0 Å². The van der Waals surface area contributed by atoms with Gasteiger partial charge >= 0.3 is 0 Å². The van der Waals surface area contributed by atoms with E-state index in [9.17, 15) is 0 Å². The van der Waals surface area contributed by atoms with Crippen molar-refractivity contribution in [3.63, 3.8) is 0 Å². The van der Waals surface area contributed by atoms with Crippen LogP contribution in [0.4, 0.5) is 0 Å². The van der Waals surface area contributed by atoms with Crippen molar-refractivity contribution in [1.29, 1.82) is 0 Å². The number of hydrogen-bond donors (Lipinski definition) is 0. The molecule has 0 aliphatic carbocycles. The number of unbranched alkanes of at least 4 members (excludes halogenated alkanes) is 1. The van der Waals surface area contributed by atoms with Gasteiger partial charge < -0.3 is 0 Å². The van der Waals surface area contributed by atoms with Crippen LogP contribution in [-0.2, 0) is 34.1 Å². The Morgan fingerprint density at radius 1 is 0.857 bits per heavy atom. The summed E-state index contributed by atoms with van der Waals surface area (Å²) in [6.45, 7) is 4.36. The van der Waals surface area contributed by atoms with Crippen LogP contribution in [0.5, 0.6) is 0 Å². The minimum absolute atomic E-state index is 0. The van der Waals surface area contributed by atoms with Gasteiger partial charge in [-0.3, -0.25) is 0 Å². The molecule has 0 heterocycles. The standard InChI is InChI=1S/C4H10.Al.2Cu.3H/c1-3-4-2;;;;;;/h3-4H2,1-2H3;;;;;;. The molecule has 0 nitrogen and oxygen atoms in total. The number of rotatable bonds is 1. The van der Waals surface area contributed by atoms with Crippen LogP contribution in [0, 0.1) is 0 Å². The van der Waals surface area contributed by atoms with Crippen molar-refractivity contribution < 1.29 is 34.1 Å². The van der Waals surface area contributed by atoms with E-state index in [1.165, 1.54) is 12.8 Å². The van der Waals surface area contributed by atoms with E-state index in [1.54, 1.807) is 0 Å². The molecule has 0 saturated carbocycles. The Hall–Kier alpha value is 1.57. The van der Waals surface area contributed by atoms with Gasteiger partial charge in [0.25, 0.3) is 0 Å². The molecule has 0 aliphatic heterocycles. The molecule has 0 aromatic heterocycles. The maximum Gasteiger partial charge on any atom is 0.187 e. The summed E-state index contributed by atoms with van der Waals surface area (Å²) in [5.41, 5.74) is 0. The Morgan fingerprint density at radius 3 is 1.00 bits per heavy atom. The van der Waals surface area contributed by atoms with Crippen LogP contribution >= 0.6 is 0 Å². The molecule has 7 heavy (non-hydrogen) atoms. The van der Waals surface area contributed by atoms with Crippen molar-refractivity contribution in [3.05, 3.63) is 0 Å². The van der Waals surface area contributed by atoms with Crippen molar-refractivity contribution in [3.8, 4) is 0 Å². The normalized spacial score (nSPS) is 4.29. The van der Waals surface area contributed by atoms with Crippen LogP contribution in [0.15, 0.2) is 0 Å². The Bertz CT molecular complexity index is 11.7. The van der Waals surface area contributed by atoms with E-state index in [-0.39, 0.29) is 51.5 Å². The topological polar surface area (TPSA) is 0 Å². The quantitative estimate of drug-likeness (QED) is 0.562. The first kappa shape index (κ1) is 23.5. The van der Waals surface area contributed by atoms with E-state index < -0.39 is 0 Å². The molecule has 3 heteroatoms. The third-order valence-corrected chi connectivity index (χ3v) is 0.500. The average Bonchev–Trinajstić information content (AvgIpc) is 1.37. The summed E-state index contributed by atoms with van der Waals surface area (Å²) in [4.78, 5) is 0. The third-order valence-electron chi connectivity index (χ3n) is 0.500. The molecule has 54 valence electrons. The minimum atomic E-state index is 0. The first-order valence-corrected chi connectivity index (χ1v) is 1.91. The van der Waals surface area contributed by atoms with Crippen molar-refractivity contribution in [2.24, 2.45) is 0 Å². The fourth-order valence-corrected chi connectivity index (χ4v) is 0. The van der Waals surface area contributed by atoms with Gasteiger partial charge in [-0.25, -0.2) is 0 Å². The largest absolute Gasteiger partial charge is 0.187 e. The maximum absolute atomic E-state index is 2.18. The second kappa shape index (κ2) is 25.6. The summed E-state index contributed by atoms with van der Waals surface area (Å²) in [7, 11) is 0. The van der Waals surface area contributed by atoms with E-state index >= 15 is 0 Å². The van der Waals surface area contributed by atoms with Gasteiger partial charge in [0.15, 0.2) is 17.4 Å². The van der Waals surface area contributed by atoms with Crippen LogP contribution in [0.25, 0.3) is 0 Å². The van der Waals surface area contributed by atoms with Gasteiger partial charge in [0.05, 0.1) is 0 Å². The second-order valence-electron chi connectivity index (χ2n) is 1.000. The van der Waals surface area contributed by atoms with Crippen LogP contribution in [0.2, 0.25) is 0 Å². The molecular weight excluding hydrogens is 202 g/mol. The number of hydrogen-bond acceptors (Lipinski definition) is 0. The molecule has 0 amide bonds. The molecule has 0 aromatic carbocycles. The molecule has 0 spiro atoms. The first-order valence-electron chi connectivity index (χ1n) is 1.91. The first-order chi connectivity index (χ1) is 1.91. The zero-order valence-electron chi connectivity index (χ0n) is 4.02. The molecule has 0 aliphatic rings. The fraction of sp³-hybridized carbons (Fsp3) is 1.00. The zero-order chi connectivity index (χ0) is 3.41. The van der Waals surface area contributed by atoms with Crippen molar-refractivity contribution in [2.75, 3.05) is 0 Å². The Labute approximate surface area is 77.9 Å². The predicted octanol–water partition coefficient (Wildman–Crippen LogP) is 0.617. The van der Waals surface area contributed by atoms with Gasteiger partial charge in [-0.1, -0.05) is 26.7 Å². The Kier molecular flexibility index (Phi) is 86.1. The molecular formula is C4H13AlCu2. The van der Waals surface area contributed by atoms with Gasteiger partial charge in [-0.15, -0.1) is 0 Å². The summed E-state index contributed by atoms with van der Waals surface area (Å²) < 4.78 is 0. The van der Waals surface area contributed by atoms with Gasteiger partial charge in [0.2, 0.25) is 0 Å². The SMILES string of the molecule is CCCC.[AlH3].[Cu].[Cu]. The van der Waals surface area contributed by atoms with E-state index in [0.717, 1.165) is 0 Å². The Balaban J connectivity index is -0.0000000150. The Morgan fingerprint density at radius 2 is 1.00 bits per heavy atom. The van der Waals surface area contributed by atoms with Crippen LogP contribution in [0.1, 0.15) is 26.7 Å². The second-order valence-corrected chi connectivity index (χ2v) is 1.000. The summed E-state index contributed by atoms with van der Waals surface area (Å²) >= 11 is 0. The molecule has 0 bridgehead atoms. The molecule has 0 aromatic rings. The molecule has 0 saturated heterocycles. The average molecular weight is 215 g/mol. The molecule has 0 atom stereocenters. The van der Waals surface area contributed by atoms with E-state index in [1.807, 2.05) is 0 Å². The van der Waals surface area contributed by atoms with Crippen LogP contribution < -0.4 is 0 Å². The van der Waals surface area contributed by atoms with E-state index in [2.05, 4.69) is 13.8 Å². The van der Waals surface area contributed by atoms with Crippen molar-refractivity contribution in [2.45, 2.75) is 26.7 Å². The third kappa shape index (κ3) is 35.5. The van der Waals surface area contributed by atoms with Gasteiger partial charge in [-0.05, 0) is 0 Å². The molecule has 0 rings (SSSR count). The minimum Gasteiger partial charge on any atom is -0.0654 e. The summed E-state index contributed by atoms with van der Waals surface area (Å²) in [6, 6.07) is 0. The molecule has 0 unspecified atom stereocenters. The molecule has 2 radical (unpaired) electrons. The van der Waals surface area contributed by atoms with Gasteiger partial charge in [0, 0.05) is 34.1 Å². The van der Waals surface area contributed by atoms with Crippen LogP contribution in [0.3, 0.4) is 0 Å². The maximum atomic E-state index is 2.18. The predicted molar refractivity (Wildman–Crippen MR) is 30.5 cm³/mol. The summed E-state index contributed by atoms with van der Waals surface area (Å²) in [5, 5.41) is 0. The van der Waals surface area contributed by atoms with E-state index in [4.69, 9.17) is 0 Å². The van der Waals surface area contributed by atoms with Crippen LogP contribution in [-0.4, -0.2) is 17.4 Å². The van der Waals surface area contributed by atoms with Gasteiger partial charge in [-0.2, -0.15) is 0 Å². The van der Waals surface area contributed by atoms with E-state index in [0.29, 0.717) is 0 Å². The zero-order valence-corrected chi connectivity index (χ0v) is 5.90. The smallest absolute Gasteiger partial charge is 0.0654 e. The van der Waals surface area contributed by atoms with Crippen molar-refractivity contribution >= 4 is 17.4 Å². The van der Waals surface area contributed by atoms with Crippen molar-refractivity contribution in [1.82, 2.24) is 0 Å².